The Balaban J connectivity index is 1.93. The molecule has 2 aromatic rings. The summed E-state index contributed by atoms with van der Waals surface area (Å²) < 4.78 is 2.87. The molecule has 0 saturated carbocycles. The molecule has 3 rings (SSSR count). The van der Waals surface area contributed by atoms with E-state index < -0.39 is 0 Å². The van der Waals surface area contributed by atoms with Crippen LogP contribution in [0.15, 0.2) is 6.20 Å². The summed E-state index contributed by atoms with van der Waals surface area (Å²) in [5.74, 6) is 0. The number of nitrogens with zero attached hydrogens (tertiary/aromatic N) is 4. The maximum Gasteiger partial charge on any atom is 0.214 e. The lowest BCUT2D eigenvalue weighted by molar-refractivity contribution is 0.154. The molecule has 7 heteroatoms. The fraction of sp³-hybridized carbons (Fsp3) is 0.556. The minimum atomic E-state index is -0.218. The van der Waals surface area contributed by atoms with Crippen LogP contribution in [0.25, 0.3) is 4.96 Å². The summed E-state index contributed by atoms with van der Waals surface area (Å²) in [7, 11) is 0. The molecule has 16 heavy (non-hydrogen) atoms. The summed E-state index contributed by atoms with van der Waals surface area (Å²) in [6.45, 7) is 1.66. The van der Waals surface area contributed by atoms with Crippen LogP contribution < -0.4 is 4.90 Å². The smallest absolute Gasteiger partial charge is 0.214 e. The van der Waals surface area contributed by atoms with Gasteiger partial charge in [-0.2, -0.15) is 4.52 Å². The number of β-amino-alcohol motifs (C(OH)–C–C–N with tert-alkyl or cyclic N) is 1. The highest BCUT2D eigenvalue weighted by molar-refractivity contribution is 14.1. The quantitative estimate of drug-likeness (QED) is 0.790. The van der Waals surface area contributed by atoms with Gasteiger partial charge in [-0.15, -0.1) is 5.10 Å². The number of aliphatic hydroxyl groups excluding tert-OH is 1. The van der Waals surface area contributed by atoms with E-state index in [9.17, 15) is 5.11 Å². The van der Waals surface area contributed by atoms with E-state index in [2.05, 4.69) is 37.6 Å². The Morgan fingerprint density at radius 1 is 1.56 bits per heavy atom. The average molecular weight is 350 g/mol. The molecule has 2 aromatic heterocycles. The Morgan fingerprint density at radius 2 is 2.44 bits per heavy atom. The Hall–Kier alpha value is -0.410. The SMILES string of the molecule is OC1CCCN(c2nn3c(I)cnc3s2)C1. The van der Waals surface area contributed by atoms with Crippen molar-refractivity contribution in [3.05, 3.63) is 9.90 Å². The number of anilines is 1. The van der Waals surface area contributed by atoms with Gasteiger partial charge in [0.15, 0.2) is 0 Å². The van der Waals surface area contributed by atoms with Crippen LogP contribution >= 0.6 is 33.9 Å². The van der Waals surface area contributed by atoms with Crippen molar-refractivity contribution < 1.29 is 5.11 Å². The number of aromatic nitrogens is 3. The Kier molecular flexibility index (Phi) is 2.76. The van der Waals surface area contributed by atoms with Crippen LogP contribution in [0.5, 0.6) is 0 Å². The first-order valence-corrected chi connectivity index (χ1v) is 7.06. The summed E-state index contributed by atoms with van der Waals surface area (Å²) in [4.78, 5) is 7.33. The molecule has 0 spiro atoms. The van der Waals surface area contributed by atoms with Gasteiger partial charge in [-0.3, -0.25) is 0 Å². The van der Waals surface area contributed by atoms with Gasteiger partial charge in [-0.1, -0.05) is 11.3 Å². The normalized spacial score (nSPS) is 21.9. The van der Waals surface area contributed by atoms with E-state index in [1.165, 1.54) is 0 Å². The summed E-state index contributed by atoms with van der Waals surface area (Å²) in [6, 6.07) is 0. The molecule has 86 valence electrons. The van der Waals surface area contributed by atoms with Gasteiger partial charge in [0.25, 0.3) is 0 Å². The number of fused-ring (bicyclic) bond motifs is 1. The zero-order valence-corrected chi connectivity index (χ0v) is 11.5. The van der Waals surface area contributed by atoms with Crippen LogP contribution in [0, 0.1) is 3.70 Å². The fourth-order valence-corrected chi connectivity index (χ4v) is 3.46. The summed E-state index contributed by atoms with van der Waals surface area (Å²) in [5, 5.41) is 15.1. The molecule has 0 radical (unpaired) electrons. The van der Waals surface area contributed by atoms with Crippen molar-refractivity contribution in [2.24, 2.45) is 0 Å². The lowest BCUT2D eigenvalue weighted by atomic mass is 10.1. The van der Waals surface area contributed by atoms with Gasteiger partial charge >= 0.3 is 0 Å². The number of halogens is 1. The largest absolute Gasteiger partial charge is 0.391 e. The minimum absolute atomic E-state index is 0.218. The third kappa shape index (κ3) is 1.80. The van der Waals surface area contributed by atoms with E-state index in [-0.39, 0.29) is 6.10 Å². The molecular weight excluding hydrogens is 339 g/mol. The first-order valence-electron chi connectivity index (χ1n) is 5.17. The molecule has 3 heterocycles. The molecule has 0 aliphatic carbocycles. The molecule has 1 aliphatic rings. The zero-order chi connectivity index (χ0) is 11.1. The van der Waals surface area contributed by atoms with E-state index in [1.807, 2.05) is 10.7 Å². The highest BCUT2D eigenvalue weighted by Gasteiger charge is 2.21. The number of hydrogen-bond donors (Lipinski definition) is 1. The molecule has 1 aliphatic heterocycles. The van der Waals surface area contributed by atoms with Crippen LogP contribution in [0.3, 0.4) is 0 Å². The predicted octanol–water partition coefficient (Wildman–Crippen LogP) is 1.36. The fourth-order valence-electron chi connectivity index (χ4n) is 1.91. The van der Waals surface area contributed by atoms with Gasteiger partial charge in [0.2, 0.25) is 10.1 Å². The van der Waals surface area contributed by atoms with Gasteiger partial charge < -0.3 is 10.0 Å². The molecule has 5 nitrogen and oxygen atoms in total. The third-order valence-corrected chi connectivity index (χ3v) is 4.42. The number of rotatable bonds is 1. The van der Waals surface area contributed by atoms with Gasteiger partial charge in [0.05, 0.1) is 12.3 Å². The van der Waals surface area contributed by atoms with Crippen molar-refractivity contribution in [2.75, 3.05) is 18.0 Å². The minimum Gasteiger partial charge on any atom is -0.391 e. The lowest BCUT2D eigenvalue weighted by Crippen LogP contribution is -2.38. The molecule has 1 atom stereocenters. The van der Waals surface area contributed by atoms with Gasteiger partial charge in [-0.05, 0) is 35.4 Å². The third-order valence-electron chi connectivity index (χ3n) is 2.70. The molecule has 1 N–H and O–H groups in total. The van der Waals surface area contributed by atoms with Crippen molar-refractivity contribution in [1.29, 1.82) is 0 Å². The number of imidazole rings is 1. The van der Waals surface area contributed by atoms with Crippen LogP contribution in [-0.4, -0.2) is 38.9 Å². The summed E-state index contributed by atoms with van der Waals surface area (Å²) >= 11 is 3.80. The van der Waals surface area contributed by atoms with Gasteiger partial charge in [0, 0.05) is 13.1 Å². The summed E-state index contributed by atoms with van der Waals surface area (Å²) in [6.07, 6.45) is 3.52. The van der Waals surface area contributed by atoms with E-state index in [0.29, 0.717) is 6.54 Å². The second-order valence-electron chi connectivity index (χ2n) is 3.90. The Bertz CT molecular complexity index is 511. The molecule has 1 fully saturated rings. The highest BCUT2D eigenvalue weighted by Crippen LogP contribution is 2.26. The van der Waals surface area contributed by atoms with Gasteiger partial charge in [0.1, 0.15) is 3.70 Å². The average Bonchev–Trinajstić information content (AvgIpc) is 2.81. The van der Waals surface area contributed by atoms with Crippen LogP contribution in [-0.2, 0) is 0 Å². The standard InChI is InChI=1S/C9H11IN4OS/c10-7-4-11-8-14(7)12-9(16-8)13-3-1-2-6(15)5-13/h4,6,15H,1-3,5H2. The highest BCUT2D eigenvalue weighted by atomic mass is 127. The Morgan fingerprint density at radius 3 is 3.19 bits per heavy atom. The van der Waals surface area contributed by atoms with E-state index in [1.54, 1.807) is 11.3 Å². The van der Waals surface area contributed by atoms with Gasteiger partial charge in [-0.25, -0.2) is 4.98 Å². The van der Waals surface area contributed by atoms with Crippen molar-refractivity contribution in [1.82, 2.24) is 14.6 Å². The van der Waals surface area contributed by atoms with Crippen LogP contribution in [0.2, 0.25) is 0 Å². The summed E-state index contributed by atoms with van der Waals surface area (Å²) in [5.41, 5.74) is 0. The number of hydrogen-bond acceptors (Lipinski definition) is 5. The van der Waals surface area contributed by atoms with Crippen LogP contribution in [0.4, 0.5) is 5.13 Å². The second kappa shape index (κ2) is 4.11. The maximum absolute atomic E-state index is 9.63. The number of aliphatic hydroxyl groups is 1. The van der Waals surface area contributed by atoms with Crippen molar-refractivity contribution in [3.63, 3.8) is 0 Å². The van der Waals surface area contributed by atoms with E-state index in [0.717, 1.165) is 33.2 Å². The van der Waals surface area contributed by atoms with E-state index >= 15 is 0 Å². The topological polar surface area (TPSA) is 53.7 Å². The second-order valence-corrected chi connectivity index (χ2v) is 5.94. The predicted molar refractivity (Wildman–Crippen MR) is 71.0 cm³/mol. The van der Waals surface area contributed by atoms with Crippen molar-refractivity contribution in [2.45, 2.75) is 18.9 Å². The maximum atomic E-state index is 9.63. The molecule has 0 aromatic carbocycles. The molecular formula is C9H11IN4OS. The monoisotopic (exact) mass is 350 g/mol. The molecule has 0 amide bonds. The zero-order valence-electron chi connectivity index (χ0n) is 8.51. The first kappa shape index (κ1) is 10.7. The molecule has 1 saturated heterocycles. The number of piperidine rings is 1. The molecule has 0 bridgehead atoms. The van der Waals surface area contributed by atoms with E-state index in [4.69, 9.17) is 0 Å². The van der Waals surface area contributed by atoms with Crippen molar-refractivity contribution in [3.8, 4) is 0 Å². The van der Waals surface area contributed by atoms with Crippen LogP contribution in [0.1, 0.15) is 12.8 Å². The van der Waals surface area contributed by atoms with Crippen molar-refractivity contribution >= 4 is 44.0 Å². The first-order chi connectivity index (χ1) is 7.74. The molecule has 1 unspecified atom stereocenters. The Labute approximate surface area is 110 Å². The lowest BCUT2D eigenvalue weighted by Gasteiger charge is -2.29.